The van der Waals surface area contributed by atoms with Crippen LogP contribution in [0.25, 0.3) is 11.4 Å². The highest BCUT2D eigenvalue weighted by atomic mass is 16.5. The number of hydrogen-bond acceptors (Lipinski definition) is 5. The standard InChI is InChI=1S/C21H22N4O3/c1-14-8-10-15(11-9-14)19-23-20(28-24-19)18-7-4-12-25(18)21(26)22-16-5-3-6-17(13-16)27-2/h3,5-6,8-11,13,18H,4,7,12H2,1-2H3,(H,22,26). The maximum atomic E-state index is 12.8. The molecule has 2 amide bonds. The van der Waals surface area contributed by atoms with E-state index in [9.17, 15) is 4.79 Å². The van der Waals surface area contributed by atoms with E-state index < -0.39 is 0 Å². The van der Waals surface area contributed by atoms with Gasteiger partial charge in [-0.15, -0.1) is 0 Å². The van der Waals surface area contributed by atoms with E-state index >= 15 is 0 Å². The normalized spacial score (nSPS) is 16.2. The molecule has 2 aromatic carbocycles. The SMILES string of the molecule is COc1cccc(NC(=O)N2CCCC2c2nc(-c3ccc(C)cc3)no2)c1. The van der Waals surface area contributed by atoms with Crippen LogP contribution in [-0.4, -0.2) is 34.7 Å². The smallest absolute Gasteiger partial charge is 0.322 e. The maximum absolute atomic E-state index is 12.8. The number of carbonyl (C=O) groups is 1. The number of hydrogen-bond donors (Lipinski definition) is 1. The van der Waals surface area contributed by atoms with Gasteiger partial charge in [0.1, 0.15) is 11.8 Å². The summed E-state index contributed by atoms with van der Waals surface area (Å²) in [6, 6.07) is 14.8. The molecule has 0 aliphatic carbocycles. The van der Waals surface area contributed by atoms with Gasteiger partial charge in [-0.2, -0.15) is 4.98 Å². The Labute approximate surface area is 163 Å². The molecule has 1 atom stereocenters. The molecule has 2 heterocycles. The number of aromatic nitrogens is 2. The van der Waals surface area contributed by atoms with Crippen LogP contribution in [0.1, 0.15) is 30.3 Å². The Hall–Kier alpha value is -3.35. The molecule has 1 saturated heterocycles. The van der Waals surface area contributed by atoms with Gasteiger partial charge in [0.15, 0.2) is 0 Å². The first kappa shape index (κ1) is 18.0. The lowest BCUT2D eigenvalue weighted by molar-refractivity contribution is 0.193. The Kier molecular flexibility index (Phi) is 4.97. The van der Waals surface area contributed by atoms with Crippen molar-refractivity contribution in [2.24, 2.45) is 0 Å². The largest absolute Gasteiger partial charge is 0.497 e. The van der Waals surface area contributed by atoms with Gasteiger partial charge in [0.25, 0.3) is 0 Å². The maximum Gasteiger partial charge on any atom is 0.322 e. The van der Waals surface area contributed by atoms with Crippen LogP contribution in [0.15, 0.2) is 53.1 Å². The molecule has 3 aromatic rings. The van der Waals surface area contributed by atoms with Gasteiger partial charge in [-0.25, -0.2) is 4.79 Å². The molecular weight excluding hydrogens is 356 g/mol. The molecule has 1 aromatic heterocycles. The van der Waals surface area contributed by atoms with Crippen LogP contribution in [0.4, 0.5) is 10.5 Å². The van der Waals surface area contributed by atoms with Gasteiger partial charge in [-0.1, -0.05) is 41.1 Å². The number of nitrogens with zero attached hydrogens (tertiary/aromatic N) is 3. The minimum absolute atomic E-state index is 0.189. The van der Waals surface area contributed by atoms with Crippen LogP contribution < -0.4 is 10.1 Å². The van der Waals surface area contributed by atoms with Gasteiger partial charge in [-0.05, 0) is 31.9 Å². The van der Waals surface area contributed by atoms with Crippen molar-refractivity contribution in [3.05, 3.63) is 60.0 Å². The van der Waals surface area contributed by atoms with Crippen molar-refractivity contribution in [1.29, 1.82) is 0 Å². The zero-order valence-electron chi connectivity index (χ0n) is 15.9. The number of nitrogens with one attached hydrogen (secondary N) is 1. The van der Waals surface area contributed by atoms with E-state index in [2.05, 4.69) is 15.5 Å². The number of likely N-dealkylation sites (tertiary alicyclic amines) is 1. The highest BCUT2D eigenvalue weighted by Gasteiger charge is 2.34. The van der Waals surface area contributed by atoms with Gasteiger partial charge in [-0.3, -0.25) is 0 Å². The van der Waals surface area contributed by atoms with Crippen LogP contribution in [0.5, 0.6) is 5.75 Å². The molecule has 1 unspecified atom stereocenters. The van der Waals surface area contributed by atoms with Gasteiger partial charge in [0, 0.05) is 23.9 Å². The summed E-state index contributed by atoms with van der Waals surface area (Å²) in [6.07, 6.45) is 1.68. The molecule has 0 spiro atoms. The summed E-state index contributed by atoms with van der Waals surface area (Å²) in [6.45, 7) is 2.67. The molecule has 0 saturated carbocycles. The first-order chi connectivity index (χ1) is 13.6. The monoisotopic (exact) mass is 378 g/mol. The zero-order chi connectivity index (χ0) is 19.5. The minimum Gasteiger partial charge on any atom is -0.497 e. The molecule has 1 N–H and O–H groups in total. The molecule has 7 nitrogen and oxygen atoms in total. The van der Waals surface area contributed by atoms with E-state index in [-0.39, 0.29) is 12.1 Å². The molecule has 144 valence electrons. The first-order valence-corrected chi connectivity index (χ1v) is 9.26. The molecule has 1 aliphatic heterocycles. The number of carbonyl (C=O) groups excluding carboxylic acids is 1. The molecular formula is C21H22N4O3. The molecule has 4 rings (SSSR count). The van der Waals surface area contributed by atoms with Crippen molar-refractivity contribution < 1.29 is 14.1 Å². The summed E-state index contributed by atoms with van der Waals surface area (Å²) in [5.41, 5.74) is 2.75. The first-order valence-electron chi connectivity index (χ1n) is 9.26. The number of urea groups is 1. The van der Waals surface area contributed by atoms with Crippen LogP contribution >= 0.6 is 0 Å². The van der Waals surface area contributed by atoms with Crippen LogP contribution in [0.2, 0.25) is 0 Å². The Morgan fingerprint density at radius 1 is 1.25 bits per heavy atom. The van der Waals surface area contributed by atoms with Crippen LogP contribution in [0.3, 0.4) is 0 Å². The molecule has 0 radical (unpaired) electrons. The fourth-order valence-electron chi connectivity index (χ4n) is 3.35. The topological polar surface area (TPSA) is 80.5 Å². The molecule has 28 heavy (non-hydrogen) atoms. The van der Waals surface area contributed by atoms with E-state index in [1.165, 1.54) is 5.56 Å². The number of anilines is 1. The van der Waals surface area contributed by atoms with E-state index in [4.69, 9.17) is 9.26 Å². The predicted molar refractivity (Wildman–Crippen MR) is 105 cm³/mol. The van der Waals surface area contributed by atoms with Gasteiger partial charge >= 0.3 is 6.03 Å². The second-order valence-corrected chi connectivity index (χ2v) is 6.84. The van der Waals surface area contributed by atoms with Crippen molar-refractivity contribution in [1.82, 2.24) is 15.0 Å². The highest BCUT2D eigenvalue weighted by molar-refractivity contribution is 5.90. The Morgan fingerprint density at radius 3 is 2.86 bits per heavy atom. The zero-order valence-corrected chi connectivity index (χ0v) is 15.9. The Morgan fingerprint density at radius 2 is 2.07 bits per heavy atom. The average molecular weight is 378 g/mol. The van der Waals surface area contributed by atoms with Crippen molar-refractivity contribution in [3.63, 3.8) is 0 Å². The Balaban J connectivity index is 1.50. The fraction of sp³-hybridized carbons (Fsp3) is 0.286. The summed E-state index contributed by atoms with van der Waals surface area (Å²) in [4.78, 5) is 19.1. The Bertz CT molecular complexity index is 968. The number of benzene rings is 2. The molecule has 1 aliphatic rings. The molecule has 7 heteroatoms. The third kappa shape index (κ3) is 3.69. The number of amides is 2. The van der Waals surface area contributed by atoms with E-state index in [0.717, 1.165) is 18.4 Å². The van der Waals surface area contributed by atoms with Gasteiger partial charge in [0.05, 0.1) is 7.11 Å². The second-order valence-electron chi connectivity index (χ2n) is 6.84. The lowest BCUT2D eigenvalue weighted by Gasteiger charge is -2.22. The fourth-order valence-corrected chi connectivity index (χ4v) is 3.35. The summed E-state index contributed by atoms with van der Waals surface area (Å²) >= 11 is 0. The number of methoxy groups -OCH3 is 1. The molecule has 1 fully saturated rings. The van der Waals surface area contributed by atoms with Crippen LogP contribution in [0, 0.1) is 6.92 Å². The summed E-state index contributed by atoms with van der Waals surface area (Å²) in [7, 11) is 1.60. The summed E-state index contributed by atoms with van der Waals surface area (Å²) in [5, 5.41) is 7.02. The predicted octanol–water partition coefficient (Wildman–Crippen LogP) is 4.42. The van der Waals surface area contributed by atoms with Gasteiger partial charge in [0.2, 0.25) is 11.7 Å². The molecule has 0 bridgehead atoms. The van der Waals surface area contributed by atoms with E-state index in [1.807, 2.05) is 49.4 Å². The third-order valence-electron chi connectivity index (χ3n) is 4.87. The number of aryl methyl sites for hydroxylation is 1. The quantitative estimate of drug-likeness (QED) is 0.727. The van der Waals surface area contributed by atoms with Gasteiger partial charge < -0.3 is 19.5 Å². The van der Waals surface area contributed by atoms with E-state index in [1.54, 1.807) is 18.1 Å². The van der Waals surface area contributed by atoms with Crippen molar-refractivity contribution >= 4 is 11.7 Å². The van der Waals surface area contributed by atoms with E-state index in [0.29, 0.717) is 29.7 Å². The second kappa shape index (κ2) is 7.72. The third-order valence-corrected chi connectivity index (χ3v) is 4.87. The summed E-state index contributed by atoms with van der Waals surface area (Å²) in [5.74, 6) is 1.69. The lowest BCUT2D eigenvalue weighted by atomic mass is 10.1. The van der Waals surface area contributed by atoms with Crippen LogP contribution in [-0.2, 0) is 0 Å². The number of ether oxygens (including phenoxy) is 1. The number of rotatable bonds is 4. The van der Waals surface area contributed by atoms with Crippen molar-refractivity contribution in [2.45, 2.75) is 25.8 Å². The van der Waals surface area contributed by atoms with Crippen molar-refractivity contribution in [3.8, 4) is 17.1 Å². The minimum atomic E-state index is -0.225. The van der Waals surface area contributed by atoms with Crippen molar-refractivity contribution in [2.75, 3.05) is 19.0 Å². The highest BCUT2D eigenvalue weighted by Crippen LogP contribution is 2.32. The average Bonchev–Trinajstić information content (AvgIpc) is 3.38. The lowest BCUT2D eigenvalue weighted by Crippen LogP contribution is -2.34. The summed E-state index contributed by atoms with van der Waals surface area (Å²) < 4.78 is 10.7.